The minimum atomic E-state index is 0.556. The predicted molar refractivity (Wildman–Crippen MR) is 108 cm³/mol. The van der Waals surface area contributed by atoms with Crippen molar-refractivity contribution in [2.45, 2.75) is 26.3 Å². The largest absolute Gasteiger partial charge is 0.494 e. The van der Waals surface area contributed by atoms with Gasteiger partial charge in [0.05, 0.1) is 18.8 Å². The van der Waals surface area contributed by atoms with Crippen LogP contribution in [0.15, 0.2) is 58.0 Å². The van der Waals surface area contributed by atoms with Crippen LogP contribution < -0.4 is 15.4 Å². The second-order valence-corrected chi connectivity index (χ2v) is 6.20. The van der Waals surface area contributed by atoms with E-state index in [4.69, 9.17) is 9.26 Å². The normalized spacial score (nSPS) is 11.6. The van der Waals surface area contributed by atoms with Gasteiger partial charge < -0.3 is 19.9 Å². The summed E-state index contributed by atoms with van der Waals surface area (Å²) in [6, 6.07) is 16.4. The quantitative estimate of drug-likeness (QED) is 0.363. The zero-order valence-electron chi connectivity index (χ0n) is 15.9. The van der Waals surface area contributed by atoms with Crippen molar-refractivity contribution in [2.24, 2.45) is 4.99 Å². The average molecular weight is 366 g/mol. The molecule has 6 heteroatoms. The smallest absolute Gasteiger partial charge is 0.191 e. The second-order valence-electron chi connectivity index (χ2n) is 6.20. The molecule has 0 aliphatic heterocycles. The van der Waals surface area contributed by atoms with E-state index in [0.717, 1.165) is 42.5 Å². The maximum atomic E-state index is 5.85. The highest BCUT2D eigenvalue weighted by Gasteiger charge is 2.04. The lowest BCUT2D eigenvalue weighted by molar-refractivity contribution is 0.311. The third-order valence-corrected chi connectivity index (χ3v) is 4.23. The minimum absolute atomic E-state index is 0.556. The summed E-state index contributed by atoms with van der Waals surface area (Å²) in [5, 5.41) is 12.9. The van der Waals surface area contributed by atoms with Crippen LogP contribution in [0.1, 0.15) is 24.8 Å². The summed E-state index contributed by atoms with van der Waals surface area (Å²) in [5.74, 6) is 2.43. The summed E-state index contributed by atoms with van der Waals surface area (Å²) in [6.45, 7) is 4.02. The van der Waals surface area contributed by atoms with E-state index in [0.29, 0.717) is 13.2 Å². The molecular formula is C21H26N4O2. The van der Waals surface area contributed by atoms with Crippen LogP contribution in [0.5, 0.6) is 5.75 Å². The molecule has 0 atom stereocenters. The summed E-state index contributed by atoms with van der Waals surface area (Å²) >= 11 is 0. The molecule has 0 spiro atoms. The Labute approximate surface area is 159 Å². The molecule has 6 nitrogen and oxygen atoms in total. The zero-order chi connectivity index (χ0) is 18.9. The van der Waals surface area contributed by atoms with Crippen LogP contribution in [0.4, 0.5) is 0 Å². The number of hydrogen-bond acceptors (Lipinski definition) is 4. The molecule has 0 bridgehead atoms. The maximum Gasteiger partial charge on any atom is 0.191 e. The number of guanidine groups is 1. The fourth-order valence-corrected chi connectivity index (χ4v) is 2.72. The first-order valence-electron chi connectivity index (χ1n) is 9.29. The number of hydrogen-bond donors (Lipinski definition) is 2. The molecule has 1 heterocycles. The summed E-state index contributed by atoms with van der Waals surface area (Å²) in [6.07, 6.45) is 1.74. The Kier molecular flexibility index (Phi) is 6.68. The molecule has 1 aromatic heterocycles. The standard InChI is InChI=1S/C21H26N4O2/c1-3-18-14-20(27-25-18)15-24-21(22-2)23-11-6-12-26-19-10-9-16-7-4-5-8-17(16)13-19/h4-5,7-10,13-14H,3,6,11-12,15H2,1-2H3,(H2,22,23,24). The molecule has 2 aromatic carbocycles. The van der Waals surface area contributed by atoms with E-state index < -0.39 is 0 Å². The van der Waals surface area contributed by atoms with E-state index in [9.17, 15) is 0 Å². The highest BCUT2D eigenvalue weighted by molar-refractivity contribution is 5.83. The molecule has 0 fully saturated rings. The molecule has 0 aliphatic carbocycles. The number of ether oxygens (including phenoxy) is 1. The zero-order valence-corrected chi connectivity index (χ0v) is 15.9. The van der Waals surface area contributed by atoms with Crippen molar-refractivity contribution in [1.82, 2.24) is 15.8 Å². The van der Waals surface area contributed by atoms with Gasteiger partial charge in [0.15, 0.2) is 11.7 Å². The Morgan fingerprint density at radius 1 is 1.11 bits per heavy atom. The monoisotopic (exact) mass is 366 g/mol. The van der Waals surface area contributed by atoms with Gasteiger partial charge >= 0.3 is 0 Å². The van der Waals surface area contributed by atoms with Gasteiger partial charge in [-0.1, -0.05) is 42.4 Å². The predicted octanol–water partition coefficient (Wildman–Crippen LogP) is 3.52. The van der Waals surface area contributed by atoms with Crippen LogP contribution in [0.25, 0.3) is 10.8 Å². The van der Waals surface area contributed by atoms with E-state index in [2.05, 4.69) is 52.0 Å². The fourth-order valence-electron chi connectivity index (χ4n) is 2.72. The Bertz CT molecular complexity index is 889. The summed E-state index contributed by atoms with van der Waals surface area (Å²) in [5.41, 5.74) is 0.959. The number of rotatable bonds is 8. The van der Waals surface area contributed by atoms with Gasteiger partial charge in [-0.05, 0) is 35.7 Å². The van der Waals surface area contributed by atoms with E-state index in [1.807, 2.05) is 24.3 Å². The van der Waals surface area contributed by atoms with Crippen molar-refractivity contribution in [3.63, 3.8) is 0 Å². The third-order valence-electron chi connectivity index (χ3n) is 4.23. The Balaban J connectivity index is 1.36. The van der Waals surface area contributed by atoms with Crippen molar-refractivity contribution in [3.05, 3.63) is 60.0 Å². The Morgan fingerprint density at radius 3 is 2.74 bits per heavy atom. The van der Waals surface area contributed by atoms with Gasteiger partial charge in [-0.3, -0.25) is 4.99 Å². The molecule has 0 saturated carbocycles. The first-order valence-corrected chi connectivity index (χ1v) is 9.29. The maximum absolute atomic E-state index is 5.85. The van der Waals surface area contributed by atoms with Crippen molar-refractivity contribution in [1.29, 1.82) is 0 Å². The van der Waals surface area contributed by atoms with Gasteiger partial charge in [0.1, 0.15) is 5.75 Å². The van der Waals surface area contributed by atoms with Crippen molar-refractivity contribution in [3.8, 4) is 5.75 Å². The first kappa shape index (κ1) is 18.8. The van der Waals surface area contributed by atoms with Crippen LogP contribution >= 0.6 is 0 Å². The lowest BCUT2D eigenvalue weighted by Gasteiger charge is -2.11. The van der Waals surface area contributed by atoms with Crippen LogP contribution in [0, 0.1) is 0 Å². The molecule has 0 amide bonds. The molecule has 3 aromatic rings. The Hall–Kier alpha value is -3.02. The van der Waals surface area contributed by atoms with E-state index in [1.165, 1.54) is 10.8 Å². The number of nitrogens with zero attached hydrogens (tertiary/aromatic N) is 2. The van der Waals surface area contributed by atoms with E-state index >= 15 is 0 Å². The number of aryl methyl sites for hydroxylation is 1. The van der Waals surface area contributed by atoms with Crippen LogP contribution in [-0.2, 0) is 13.0 Å². The highest BCUT2D eigenvalue weighted by Crippen LogP contribution is 2.20. The molecule has 27 heavy (non-hydrogen) atoms. The van der Waals surface area contributed by atoms with Crippen molar-refractivity contribution >= 4 is 16.7 Å². The van der Waals surface area contributed by atoms with Crippen LogP contribution in [0.3, 0.4) is 0 Å². The number of aliphatic imine (C=N–C) groups is 1. The van der Waals surface area contributed by atoms with Crippen molar-refractivity contribution in [2.75, 3.05) is 20.2 Å². The number of fused-ring (bicyclic) bond motifs is 1. The SMILES string of the molecule is CCc1cc(CNC(=NC)NCCCOc2ccc3ccccc3c2)on1. The highest BCUT2D eigenvalue weighted by atomic mass is 16.5. The molecule has 3 rings (SSSR count). The Morgan fingerprint density at radius 2 is 1.96 bits per heavy atom. The van der Waals surface area contributed by atoms with Crippen LogP contribution in [-0.4, -0.2) is 31.3 Å². The second kappa shape index (κ2) is 9.62. The van der Waals surface area contributed by atoms with Gasteiger partial charge in [0.2, 0.25) is 0 Å². The summed E-state index contributed by atoms with van der Waals surface area (Å²) in [4.78, 5) is 4.21. The van der Waals surface area contributed by atoms with Crippen LogP contribution in [0.2, 0.25) is 0 Å². The van der Waals surface area contributed by atoms with Gasteiger partial charge in [-0.25, -0.2) is 0 Å². The molecule has 2 N–H and O–H groups in total. The lowest BCUT2D eigenvalue weighted by atomic mass is 10.1. The molecule has 0 unspecified atom stereocenters. The number of aromatic nitrogens is 1. The van der Waals surface area contributed by atoms with Gasteiger partial charge in [-0.15, -0.1) is 0 Å². The number of benzene rings is 2. The molecule has 0 saturated heterocycles. The summed E-state index contributed by atoms with van der Waals surface area (Å²) < 4.78 is 11.1. The van der Waals surface area contributed by atoms with Gasteiger partial charge in [0.25, 0.3) is 0 Å². The minimum Gasteiger partial charge on any atom is -0.494 e. The average Bonchev–Trinajstić information content (AvgIpc) is 3.18. The first-order chi connectivity index (χ1) is 13.3. The van der Waals surface area contributed by atoms with Crippen molar-refractivity contribution < 1.29 is 9.26 Å². The topological polar surface area (TPSA) is 71.7 Å². The third kappa shape index (κ3) is 5.48. The molecule has 0 radical (unpaired) electrons. The lowest BCUT2D eigenvalue weighted by Crippen LogP contribution is -2.37. The van der Waals surface area contributed by atoms with E-state index in [1.54, 1.807) is 7.05 Å². The molecular weight excluding hydrogens is 340 g/mol. The summed E-state index contributed by atoms with van der Waals surface area (Å²) in [7, 11) is 1.75. The number of nitrogens with one attached hydrogen (secondary N) is 2. The van der Waals surface area contributed by atoms with Gasteiger partial charge in [-0.2, -0.15) is 0 Å². The molecule has 0 aliphatic rings. The van der Waals surface area contributed by atoms with Gasteiger partial charge in [0, 0.05) is 19.7 Å². The fraction of sp³-hybridized carbons (Fsp3) is 0.333. The molecule has 142 valence electrons. The van der Waals surface area contributed by atoms with E-state index in [-0.39, 0.29) is 0 Å².